The van der Waals surface area contributed by atoms with Gasteiger partial charge >= 0.3 is 0 Å². The first-order chi connectivity index (χ1) is 11.2. The lowest BCUT2D eigenvalue weighted by Gasteiger charge is -2.19. The van der Waals surface area contributed by atoms with Gasteiger partial charge in [0, 0.05) is 25.4 Å². The third-order valence-electron chi connectivity index (χ3n) is 3.55. The van der Waals surface area contributed by atoms with Crippen LogP contribution in [0.3, 0.4) is 0 Å². The Kier molecular flexibility index (Phi) is 5.32. The average molecular weight is 369 g/mol. The number of para-hydroxylation sites is 1. The summed E-state index contributed by atoms with van der Waals surface area (Å²) in [6.45, 7) is 0.139. The minimum atomic E-state index is -3.74. The van der Waals surface area contributed by atoms with E-state index in [9.17, 15) is 16.8 Å². The fraction of sp³-hybridized carbons (Fsp3) is 0.250. The van der Waals surface area contributed by atoms with Crippen molar-refractivity contribution in [3.8, 4) is 5.75 Å². The zero-order valence-corrected chi connectivity index (χ0v) is 15.3. The number of sulfone groups is 1. The molecule has 6 nitrogen and oxygen atoms in total. The second kappa shape index (κ2) is 6.92. The molecule has 2 aromatic carbocycles. The van der Waals surface area contributed by atoms with Crippen molar-refractivity contribution in [2.24, 2.45) is 0 Å². The maximum Gasteiger partial charge on any atom is 0.243 e. The van der Waals surface area contributed by atoms with Crippen LogP contribution < -0.4 is 4.74 Å². The van der Waals surface area contributed by atoms with Gasteiger partial charge in [0.25, 0.3) is 0 Å². The first kappa shape index (κ1) is 18.4. The van der Waals surface area contributed by atoms with Gasteiger partial charge in [-0.2, -0.15) is 4.31 Å². The molecule has 0 aliphatic carbocycles. The van der Waals surface area contributed by atoms with E-state index in [2.05, 4.69) is 0 Å². The molecule has 8 heteroatoms. The van der Waals surface area contributed by atoms with Crippen molar-refractivity contribution in [2.45, 2.75) is 16.3 Å². The summed E-state index contributed by atoms with van der Waals surface area (Å²) in [6.07, 6.45) is 1.07. The summed E-state index contributed by atoms with van der Waals surface area (Å²) in [5, 5.41) is 0. The lowest BCUT2D eigenvalue weighted by molar-refractivity contribution is 0.398. The predicted octanol–water partition coefficient (Wildman–Crippen LogP) is 1.92. The van der Waals surface area contributed by atoms with E-state index in [0.29, 0.717) is 5.75 Å². The summed E-state index contributed by atoms with van der Waals surface area (Å²) in [7, 11) is -4.12. The SMILES string of the molecule is COc1ccccc1CN(C)S(=O)(=O)c1ccc(S(C)(=O)=O)cc1. The molecule has 0 aliphatic heterocycles. The smallest absolute Gasteiger partial charge is 0.243 e. The second-order valence-corrected chi connectivity index (χ2v) is 9.38. The highest BCUT2D eigenvalue weighted by Gasteiger charge is 2.22. The molecule has 0 radical (unpaired) electrons. The van der Waals surface area contributed by atoms with Crippen molar-refractivity contribution >= 4 is 19.9 Å². The van der Waals surface area contributed by atoms with Crippen molar-refractivity contribution in [3.63, 3.8) is 0 Å². The summed E-state index contributed by atoms with van der Waals surface area (Å²) in [6, 6.07) is 12.3. The molecule has 2 aromatic rings. The fourth-order valence-corrected chi connectivity index (χ4v) is 3.98. The third kappa shape index (κ3) is 3.95. The van der Waals surface area contributed by atoms with Crippen LogP contribution in [0.15, 0.2) is 58.3 Å². The molecule has 0 heterocycles. The Morgan fingerprint density at radius 2 is 1.46 bits per heavy atom. The van der Waals surface area contributed by atoms with Crippen LogP contribution in [0.25, 0.3) is 0 Å². The Morgan fingerprint density at radius 3 is 2.00 bits per heavy atom. The van der Waals surface area contributed by atoms with Crippen molar-refractivity contribution in [2.75, 3.05) is 20.4 Å². The highest BCUT2D eigenvalue weighted by Crippen LogP contribution is 2.23. The molecule has 0 aliphatic rings. The standard InChI is InChI=1S/C16H19NO5S2/c1-17(12-13-6-4-5-7-16(13)22-2)24(20,21)15-10-8-14(9-11-15)23(3,18)19/h4-11H,12H2,1-3H3. The van der Waals surface area contributed by atoms with Gasteiger partial charge in [0.2, 0.25) is 10.0 Å². The zero-order valence-electron chi connectivity index (χ0n) is 13.6. The molecule has 0 bridgehead atoms. The van der Waals surface area contributed by atoms with Crippen LogP contribution in [0.2, 0.25) is 0 Å². The molecule has 0 aromatic heterocycles. The van der Waals surface area contributed by atoms with Crippen LogP contribution in [-0.2, 0) is 26.4 Å². The Labute approximate surface area is 142 Å². The van der Waals surface area contributed by atoms with Gasteiger partial charge in [-0.1, -0.05) is 18.2 Å². The van der Waals surface area contributed by atoms with Crippen molar-refractivity contribution in [3.05, 3.63) is 54.1 Å². The minimum absolute atomic E-state index is 0.0345. The molecule has 24 heavy (non-hydrogen) atoms. The Bertz CT molecular complexity index is 919. The molecule has 2 rings (SSSR count). The molecule has 0 spiro atoms. The molecule has 0 saturated heterocycles. The third-order valence-corrected chi connectivity index (χ3v) is 6.49. The van der Waals surface area contributed by atoms with Crippen molar-refractivity contribution in [1.29, 1.82) is 0 Å². The second-order valence-electron chi connectivity index (χ2n) is 5.32. The van der Waals surface area contributed by atoms with Crippen LogP contribution in [0, 0.1) is 0 Å². The topological polar surface area (TPSA) is 80.8 Å². The monoisotopic (exact) mass is 369 g/mol. The molecule has 0 amide bonds. The number of methoxy groups -OCH3 is 1. The molecule has 0 atom stereocenters. The normalized spacial score (nSPS) is 12.3. The number of ether oxygens (including phenoxy) is 1. The number of hydrogen-bond acceptors (Lipinski definition) is 5. The van der Waals surface area contributed by atoms with Crippen LogP contribution in [-0.4, -0.2) is 41.6 Å². The number of nitrogens with zero attached hydrogens (tertiary/aromatic N) is 1. The lowest BCUT2D eigenvalue weighted by Crippen LogP contribution is -2.26. The van der Waals surface area contributed by atoms with E-state index in [1.54, 1.807) is 24.3 Å². The van der Waals surface area contributed by atoms with Crippen LogP contribution in [0.4, 0.5) is 0 Å². The van der Waals surface area contributed by atoms with Gasteiger partial charge in [0.05, 0.1) is 16.9 Å². The van der Waals surface area contributed by atoms with Gasteiger partial charge < -0.3 is 4.74 Å². The highest BCUT2D eigenvalue weighted by atomic mass is 32.2. The van der Waals surface area contributed by atoms with Crippen LogP contribution in [0.5, 0.6) is 5.75 Å². The van der Waals surface area contributed by atoms with Gasteiger partial charge in [0.15, 0.2) is 9.84 Å². The summed E-state index contributed by atoms with van der Waals surface area (Å²) < 4.78 is 54.6. The summed E-state index contributed by atoms with van der Waals surface area (Å²) >= 11 is 0. The molecule has 0 unspecified atom stereocenters. The predicted molar refractivity (Wildman–Crippen MR) is 91.2 cm³/mol. The number of sulfonamides is 1. The quantitative estimate of drug-likeness (QED) is 0.777. The van der Waals surface area contributed by atoms with E-state index in [4.69, 9.17) is 4.74 Å². The molecular weight excluding hydrogens is 350 g/mol. The van der Waals surface area contributed by atoms with Gasteiger partial charge in [-0.25, -0.2) is 16.8 Å². The first-order valence-corrected chi connectivity index (χ1v) is 10.4. The molecule has 0 fully saturated rings. The molecule has 0 saturated carbocycles. The van der Waals surface area contributed by atoms with E-state index in [1.165, 1.54) is 42.7 Å². The maximum atomic E-state index is 12.6. The van der Waals surface area contributed by atoms with Crippen molar-refractivity contribution in [1.82, 2.24) is 4.31 Å². The summed E-state index contributed by atoms with van der Waals surface area (Å²) in [4.78, 5) is 0.112. The Hall–Kier alpha value is -1.90. The summed E-state index contributed by atoms with van der Waals surface area (Å²) in [5.74, 6) is 0.604. The van der Waals surface area contributed by atoms with E-state index in [-0.39, 0.29) is 16.3 Å². The number of rotatable bonds is 6. The largest absolute Gasteiger partial charge is 0.496 e. The average Bonchev–Trinajstić information content (AvgIpc) is 2.54. The molecule has 130 valence electrons. The number of benzene rings is 2. The Morgan fingerprint density at radius 1 is 0.917 bits per heavy atom. The van der Waals surface area contributed by atoms with Gasteiger partial charge in [-0.3, -0.25) is 0 Å². The van der Waals surface area contributed by atoms with E-state index >= 15 is 0 Å². The van der Waals surface area contributed by atoms with E-state index < -0.39 is 19.9 Å². The van der Waals surface area contributed by atoms with Gasteiger partial charge in [0.1, 0.15) is 5.75 Å². The van der Waals surface area contributed by atoms with Crippen LogP contribution in [0.1, 0.15) is 5.56 Å². The lowest BCUT2D eigenvalue weighted by atomic mass is 10.2. The molecular formula is C16H19NO5S2. The minimum Gasteiger partial charge on any atom is -0.496 e. The van der Waals surface area contributed by atoms with Gasteiger partial charge in [-0.05, 0) is 30.3 Å². The molecule has 0 N–H and O–H groups in total. The number of hydrogen-bond donors (Lipinski definition) is 0. The van der Waals surface area contributed by atoms with E-state index in [1.807, 2.05) is 0 Å². The Balaban J connectivity index is 2.29. The van der Waals surface area contributed by atoms with Crippen LogP contribution >= 0.6 is 0 Å². The van der Waals surface area contributed by atoms with Gasteiger partial charge in [-0.15, -0.1) is 0 Å². The first-order valence-electron chi connectivity index (χ1n) is 7.04. The zero-order chi connectivity index (χ0) is 18.0. The van der Waals surface area contributed by atoms with Crippen molar-refractivity contribution < 1.29 is 21.6 Å². The summed E-state index contributed by atoms with van der Waals surface area (Å²) in [5.41, 5.74) is 0.735. The highest BCUT2D eigenvalue weighted by molar-refractivity contribution is 7.90. The fourth-order valence-electron chi connectivity index (χ4n) is 2.20. The van der Waals surface area contributed by atoms with E-state index in [0.717, 1.165) is 11.8 Å². The maximum absolute atomic E-state index is 12.6.